The topological polar surface area (TPSA) is 46.0 Å². The van der Waals surface area contributed by atoms with Crippen LogP contribution in [0.5, 0.6) is 0 Å². The summed E-state index contributed by atoms with van der Waals surface area (Å²) < 4.78 is 15.4. The fourth-order valence-electron chi connectivity index (χ4n) is 4.04. The molecule has 2 unspecified atom stereocenters. The predicted molar refractivity (Wildman–Crippen MR) is 113 cm³/mol. The quantitative estimate of drug-likeness (QED) is 0.811. The van der Waals surface area contributed by atoms with Gasteiger partial charge in [0.25, 0.3) is 0 Å². The summed E-state index contributed by atoms with van der Waals surface area (Å²) in [6.45, 7) is 5.88. The van der Waals surface area contributed by atoms with Crippen molar-refractivity contribution in [2.24, 2.45) is 0 Å². The molecule has 0 amide bonds. The first-order valence-corrected chi connectivity index (χ1v) is 10.3. The molecule has 4 rings (SSSR count). The molecule has 1 saturated heterocycles. The number of benzene rings is 1. The molecular formula is C23H28FN5. The van der Waals surface area contributed by atoms with E-state index in [9.17, 15) is 4.39 Å². The Balaban J connectivity index is 1.58. The van der Waals surface area contributed by atoms with Crippen LogP contribution in [0.25, 0.3) is 0 Å². The minimum atomic E-state index is -0.155. The van der Waals surface area contributed by atoms with Crippen molar-refractivity contribution in [2.45, 2.75) is 38.4 Å². The average molecular weight is 394 g/mol. The van der Waals surface area contributed by atoms with Crippen LogP contribution in [-0.2, 0) is 6.54 Å². The Bertz CT molecular complexity index is 899. The highest BCUT2D eigenvalue weighted by Crippen LogP contribution is 2.27. The van der Waals surface area contributed by atoms with Gasteiger partial charge in [-0.3, -0.25) is 4.90 Å². The van der Waals surface area contributed by atoms with E-state index in [-0.39, 0.29) is 11.9 Å². The van der Waals surface area contributed by atoms with Gasteiger partial charge in [0.15, 0.2) is 5.82 Å². The Morgan fingerprint density at radius 2 is 2.14 bits per heavy atom. The Kier molecular flexibility index (Phi) is 6.32. The molecule has 0 radical (unpaired) electrons. The molecule has 6 heteroatoms. The van der Waals surface area contributed by atoms with Crippen molar-refractivity contribution in [2.75, 3.05) is 19.6 Å². The van der Waals surface area contributed by atoms with Gasteiger partial charge in [-0.1, -0.05) is 42.5 Å². The molecule has 2 heterocycles. The molecule has 0 spiro atoms. The molecule has 1 fully saturated rings. The zero-order valence-corrected chi connectivity index (χ0v) is 16.8. The number of rotatable bonds is 6. The molecule has 29 heavy (non-hydrogen) atoms. The summed E-state index contributed by atoms with van der Waals surface area (Å²) in [7, 11) is 0. The summed E-state index contributed by atoms with van der Waals surface area (Å²) in [5.41, 5.74) is 2.38. The van der Waals surface area contributed by atoms with Crippen molar-refractivity contribution in [3.8, 4) is 0 Å². The van der Waals surface area contributed by atoms with Gasteiger partial charge in [-0.05, 0) is 43.1 Å². The zero-order valence-electron chi connectivity index (χ0n) is 16.8. The number of hydrogen-bond acceptors (Lipinski definition) is 4. The summed E-state index contributed by atoms with van der Waals surface area (Å²) in [4.78, 5) is 2.49. The predicted octanol–water partition coefficient (Wildman–Crippen LogP) is 3.79. The molecule has 152 valence electrons. The third kappa shape index (κ3) is 5.08. The molecule has 1 aliphatic heterocycles. The van der Waals surface area contributed by atoms with Gasteiger partial charge in [-0.2, -0.15) is 0 Å². The fraction of sp³-hybridized carbons (Fsp3) is 0.391. The lowest BCUT2D eigenvalue weighted by Crippen LogP contribution is -2.50. The summed E-state index contributed by atoms with van der Waals surface area (Å²) in [6.07, 6.45) is 10.6. The summed E-state index contributed by atoms with van der Waals surface area (Å²) >= 11 is 0. The minimum absolute atomic E-state index is 0.141. The van der Waals surface area contributed by atoms with Crippen molar-refractivity contribution in [3.63, 3.8) is 0 Å². The SMILES string of the molecule is CC1CN(C(CC=C2C=CC(F)=CC2)c2nncn2Cc2ccccc2)CCN1. The van der Waals surface area contributed by atoms with Crippen LogP contribution in [0.4, 0.5) is 4.39 Å². The first-order chi connectivity index (χ1) is 14.2. The van der Waals surface area contributed by atoms with E-state index < -0.39 is 0 Å². The second-order valence-corrected chi connectivity index (χ2v) is 7.81. The molecule has 5 nitrogen and oxygen atoms in total. The molecule has 2 aromatic rings. The number of hydrogen-bond donors (Lipinski definition) is 1. The third-order valence-electron chi connectivity index (χ3n) is 5.57. The Morgan fingerprint density at radius 3 is 2.90 bits per heavy atom. The lowest BCUT2D eigenvalue weighted by Gasteiger charge is -2.37. The first-order valence-electron chi connectivity index (χ1n) is 10.3. The Labute approximate surface area is 171 Å². The number of halogens is 1. The van der Waals surface area contributed by atoms with Crippen molar-refractivity contribution in [1.29, 1.82) is 0 Å². The Morgan fingerprint density at radius 1 is 1.28 bits per heavy atom. The van der Waals surface area contributed by atoms with Gasteiger partial charge < -0.3 is 9.88 Å². The van der Waals surface area contributed by atoms with Gasteiger partial charge in [0.05, 0.1) is 12.6 Å². The smallest absolute Gasteiger partial charge is 0.150 e. The minimum Gasteiger partial charge on any atom is -0.312 e. The molecule has 1 N–H and O–H groups in total. The largest absolute Gasteiger partial charge is 0.312 e. The van der Waals surface area contributed by atoms with E-state index in [1.807, 2.05) is 18.5 Å². The number of nitrogens with zero attached hydrogens (tertiary/aromatic N) is 4. The van der Waals surface area contributed by atoms with Gasteiger partial charge >= 0.3 is 0 Å². The van der Waals surface area contributed by atoms with Gasteiger partial charge in [0.2, 0.25) is 0 Å². The normalized spacial score (nSPS) is 22.6. The summed E-state index contributed by atoms with van der Waals surface area (Å²) in [5, 5.41) is 12.3. The number of aromatic nitrogens is 3. The molecule has 1 aromatic heterocycles. The molecule has 2 aliphatic rings. The van der Waals surface area contributed by atoms with E-state index in [0.29, 0.717) is 12.5 Å². The highest BCUT2D eigenvalue weighted by Gasteiger charge is 2.28. The van der Waals surface area contributed by atoms with Gasteiger partial charge in [-0.25, -0.2) is 4.39 Å². The monoisotopic (exact) mass is 393 g/mol. The van der Waals surface area contributed by atoms with Gasteiger partial charge in [0, 0.05) is 25.7 Å². The lowest BCUT2D eigenvalue weighted by molar-refractivity contribution is 0.141. The van der Waals surface area contributed by atoms with Crippen molar-refractivity contribution < 1.29 is 4.39 Å². The van der Waals surface area contributed by atoms with Crippen molar-refractivity contribution in [1.82, 2.24) is 25.0 Å². The van der Waals surface area contributed by atoms with E-state index in [1.165, 1.54) is 11.6 Å². The molecule has 1 aliphatic carbocycles. The van der Waals surface area contributed by atoms with Gasteiger partial charge in [0.1, 0.15) is 12.2 Å². The maximum Gasteiger partial charge on any atom is 0.150 e. The van der Waals surface area contributed by atoms with Gasteiger partial charge in [-0.15, -0.1) is 10.2 Å². The first kappa shape index (κ1) is 19.7. The van der Waals surface area contributed by atoms with E-state index in [4.69, 9.17) is 0 Å². The second kappa shape index (κ2) is 9.29. The molecule has 2 atom stereocenters. The lowest BCUT2D eigenvalue weighted by atomic mass is 10.0. The molecule has 0 saturated carbocycles. The average Bonchev–Trinajstić information content (AvgIpc) is 3.18. The third-order valence-corrected chi connectivity index (χ3v) is 5.57. The van der Waals surface area contributed by atoms with Crippen LogP contribution < -0.4 is 5.32 Å². The van der Waals surface area contributed by atoms with Crippen LogP contribution in [0.2, 0.25) is 0 Å². The number of piperazine rings is 1. The summed E-state index contributed by atoms with van der Waals surface area (Å²) in [6, 6.07) is 11.0. The van der Waals surface area contributed by atoms with Crippen molar-refractivity contribution >= 4 is 0 Å². The molecule has 0 bridgehead atoms. The number of allylic oxidation sites excluding steroid dienone is 5. The highest BCUT2D eigenvalue weighted by atomic mass is 19.1. The molecular weight excluding hydrogens is 365 g/mol. The van der Waals surface area contributed by atoms with E-state index in [1.54, 1.807) is 6.08 Å². The maximum atomic E-state index is 13.3. The summed E-state index contributed by atoms with van der Waals surface area (Å²) in [5.74, 6) is 0.832. The van der Waals surface area contributed by atoms with Crippen LogP contribution in [0, 0.1) is 0 Å². The standard InChI is InChI=1S/C23H28FN5/c1-18-15-28(14-13-25-18)22(12-9-19-7-10-21(24)11-8-19)23-27-26-17-29(23)16-20-5-3-2-4-6-20/h2-7,9-11,17-18,22,25H,8,12-16H2,1H3. The van der Waals surface area contributed by atoms with Crippen LogP contribution >= 0.6 is 0 Å². The Hall–Kier alpha value is -2.57. The van der Waals surface area contributed by atoms with Crippen LogP contribution in [0.15, 0.2) is 72.4 Å². The zero-order chi connectivity index (χ0) is 20.1. The van der Waals surface area contributed by atoms with Crippen LogP contribution in [0.3, 0.4) is 0 Å². The second-order valence-electron chi connectivity index (χ2n) is 7.81. The van der Waals surface area contributed by atoms with E-state index >= 15 is 0 Å². The van der Waals surface area contributed by atoms with E-state index in [0.717, 1.165) is 44.0 Å². The van der Waals surface area contributed by atoms with Crippen LogP contribution in [0.1, 0.15) is 37.2 Å². The van der Waals surface area contributed by atoms with Crippen molar-refractivity contribution in [3.05, 3.63) is 83.8 Å². The fourth-order valence-corrected chi connectivity index (χ4v) is 4.04. The molecule has 1 aromatic carbocycles. The van der Waals surface area contributed by atoms with Crippen LogP contribution in [-0.4, -0.2) is 45.3 Å². The maximum absolute atomic E-state index is 13.3. The number of nitrogens with one attached hydrogen (secondary N) is 1. The highest BCUT2D eigenvalue weighted by molar-refractivity contribution is 5.32. The van der Waals surface area contributed by atoms with E-state index in [2.05, 4.69) is 62.2 Å².